The number of likely N-dealkylation sites (N-methyl/N-ethyl adjacent to an activating group) is 1. The van der Waals surface area contributed by atoms with E-state index in [4.69, 9.17) is 4.74 Å². The first-order chi connectivity index (χ1) is 14.9. The van der Waals surface area contributed by atoms with E-state index in [0.29, 0.717) is 12.0 Å². The summed E-state index contributed by atoms with van der Waals surface area (Å²) in [6.07, 6.45) is 1.43. The van der Waals surface area contributed by atoms with Crippen molar-refractivity contribution in [1.82, 2.24) is 4.57 Å². The number of carbonyl (C=O) groups is 1. The zero-order valence-electron chi connectivity index (χ0n) is 17.1. The molecule has 0 fully saturated rings. The molecule has 0 bridgehead atoms. The van der Waals surface area contributed by atoms with Gasteiger partial charge in [0.25, 0.3) is 5.56 Å². The molecule has 2 heterocycles. The highest BCUT2D eigenvalue weighted by atomic mass is 127. The lowest BCUT2D eigenvalue weighted by Gasteiger charge is -2.19. The fourth-order valence-corrected chi connectivity index (χ4v) is 4.23. The Morgan fingerprint density at radius 2 is 2.03 bits per heavy atom. The minimum absolute atomic E-state index is 0.134. The van der Waals surface area contributed by atoms with Crippen molar-refractivity contribution in [2.45, 2.75) is 13.3 Å². The van der Waals surface area contributed by atoms with Gasteiger partial charge >= 0.3 is 0 Å². The van der Waals surface area contributed by atoms with E-state index >= 15 is 0 Å². The topological polar surface area (TPSA) is 63.6 Å². The largest absolute Gasteiger partial charge is 0.456 e. The quantitative estimate of drug-likeness (QED) is 0.363. The minimum Gasteiger partial charge on any atom is -0.456 e. The summed E-state index contributed by atoms with van der Waals surface area (Å²) in [5.41, 5.74) is 2.06. The Labute approximate surface area is 192 Å². The molecule has 6 nitrogen and oxygen atoms in total. The van der Waals surface area contributed by atoms with Crippen LogP contribution in [0.4, 0.5) is 21.6 Å². The predicted molar refractivity (Wildman–Crippen MR) is 128 cm³/mol. The fraction of sp³-hybridized carbons (Fsp3) is 0.217. The standard InChI is InChI=1S/C23H21FIN3O3/c1-3-28-10-9-15-19(28)5-4-6-20(15)31-21-12-22(30)27(2)23(16(21)13-29)26-18-8-7-14(25)11-17(18)24/h4-8,11-13,26H,3,9-10H2,1-2H3. The highest BCUT2D eigenvalue weighted by Gasteiger charge is 2.23. The number of pyridine rings is 1. The summed E-state index contributed by atoms with van der Waals surface area (Å²) in [7, 11) is 1.52. The summed E-state index contributed by atoms with van der Waals surface area (Å²) in [4.78, 5) is 26.9. The predicted octanol–water partition coefficient (Wildman–Crippen LogP) is 4.86. The van der Waals surface area contributed by atoms with Gasteiger partial charge in [-0.15, -0.1) is 0 Å². The summed E-state index contributed by atoms with van der Waals surface area (Å²) in [6.45, 7) is 3.87. The molecule has 1 aliphatic heterocycles. The number of nitrogens with zero attached hydrogens (tertiary/aromatic N) is 2. The van der Waals surface area contributed by atoms with Gasteiger partial charge in [0.15, 0.2) is 6.29 Å². The van der Waals surface area contributed by atoms with E-state index in [2.05, 4.69) is 17.1 Å². The van der Waals surface area contributed by atoms with Gasteiger partial charge in [-0.1, -0.05) is 6.07 Å². The minimum atomic E-state index is -0.483. The lowest BCUT2D eigenvalue weighted by molar-refractivity contribution is 0.112. The third kappa shape index (κ3) is 4.04. The second kappa shape index (κ2) is 8.70. The maximum atomic E-state index is 14.4. The van der Waals surface area contributed by atoms with Crippen molar-refractivity contribution >= 4 is 46.1 Å². The number of hydrogen-bond acceptors (Lipinski definition) is 5. The number of nitrogens with one attached hydrogen (secondary N) is 1. The van der Waals surface area contributed by atoms with Crippen molar-refractivity contribution in [1.29, 1.82) is 0 Å². The number of hydrogen-bond donors (Lipinski definition) is 1. The van der Waals surface area contributed by atoms with Gasteiger partial charge in [0, 0.05) is 41.0 Å². The molecular weight excluding hydrogens is 512 g/mol. The first kappa shape index (κ1) is 21.4. The van der Waals surface area contributed by atoms with Crippen LogP contribution in [0.25, 0.3) is 0 Å². The summed E-state index contributed by atoms with van der Waals surface area (Å²) in [5, 5.41) is 2.89. The van der Waals surface area contributed by atoms with Gasteiger partial charge in [0.05, 0.1) is 11.3 Å². The number of ether oxygens (including phenoxy) is 1. The molecule has 1 aliphatic rings. The zero-order chi connectivity index (χ0) is 22.1. The molecule has 0 radical (unpaired) electrons. The first-order valence-corrected chi connectivity index (χ1v) is 11.0. The van der Waals surface area contributed by atoms with Crippen LogP contribution in [-0.4, -0.2) is 23.9 Å². The summed E-state index contributed by atoms with van der Waals surface area (Å²) in [5.74, 6) is 0.425. The van der Waals surface area contributed by atoms with E-state index in [1.165, 1.54) is 23.7 Å². The number of rotatable bonds is 6. The average molecular weight is 533 g/mol. The van der Waals surface area contributed by atoms with Crippen molar-refractivity contribution in [2.75, 3.05) is 23.3 Å². The van der Waals surface area contributed by atoms with Crippen molar-refractivity contribution in [2.24, 2.45) is 7.05 Å². The van der Waals surface area contributed by atoms with Crippen LogP contribution in [0.3, 0.4) is 0 Å². The number of benzene rings is 2. The van der Waals surface area contributed by atoms with Gasteiger partial charge in [-0.2, -0.15) is 0 Å². The van der Waals surface area contributed by atoms with Crippen molar-refractivity contribution < 1.29 is 13.9 Å². The smallest absolute Gasteiger partial charge is 0.255 e. The molecule has 0 unspecified atom stereocenters. The van der Waals surface area contributed by atoms with Crippen LogP contribution in [0.5, 0.6) is 11.5 Å². The van der Waals surface area contributed by atoms with Crippen LogP contribution in [-0.2, 0) is 13.5 Å². The number of anilines is 3. The molecule has 0 spiro atoms. The van der Waals surface area contributed by atoms with E-state index in [-0.39, 0.29) is 28.4 Å². The molecule has 8 heteroatoms. The summed E-state index contributed by atoms with van der Waals surface area (Å²) in [6, 6.07) is 11.7. The molecule has 0 amide bonds. The van der Waals surface area contributed by atoms with E-state index < -0.39 is 5.82 Å². The van der Waals surface area contributed by atoms with Gasteiger partial charge in [-0.25, -0.2) is 4.39 Å². The lowest BCUT2D eigenvalue weighted by Crippen LogP contribution is -2.21. The summed E-state index contributed by atoms with van der Waals surface area (Å²) < 4.78 is 22.5. The highest BCUT2D eigenvalue weighted by Crippen LogP contribution is 2.38. The molecule has 0 saturated heterocycles. The van der Waals surface area contributed by atoms with Crippen LogP contribution < -0.4 is 20.5 Å². The van der Waals surface area contributed by atoms with Gasteiger partial charge in [0.2, 0.25) is 0 Å². The number of aromatic nitrogens is 1. The van der Waals surface area contributed by atoms with Crippen molar-refractivity contribution in [3.8, 4) is 11.5 Å². The van der Waals surface area contributed by atoms with Crippen LogP contribution in [0.1, 0.15) is 22.8 Å². The van der Waals surface area contributed by atoms with Gasteiger partial charge in [-0.05, 0) is 66.3 Å². The Balaban J connectivity index is 1.78. The number of fused-ring (bicyclic) bond motifs is 1. The molecule has 31 heavy (non-hydrogen) atoms. The van der Waals surface area contributed by atoms with Gasteiger partial charge < -0.3 is 15.0 Å². The first-order valence-electron chi connectivity index (χ1n) is 9.89. The van der Waals surface area contributed by atoms with Crippen molar-refractivity contribution in [3.05, 3.63) is 73.3 Å². The molecular formula is C23H21FIN3O3. The Morgan fingerprint density at radius 1 is 1.23 bits per heavy atom. The molecule has 1 N–H and O–H groups in total. The Kier molecular flexibility index (Phi) is 5.99. The number of halogens is 2. The van der Waals surface area contributed by atoms with Gasteiger partial charge in [0.1, 0.15) is 23.1 Å². The van der Waals surface area contributed by atoms with Gasteiger partial charge in [-0.3, -0.25) is 14.2 Å². The highest BCUT2D eigenvalue weighted by molar-refractivity contribution is 14.1. The molecule has 3 aromatic rings. The van der Waals surface area contributed by atoms with E-state index in [1.54, 1.807) is 12.1 Å². The molecule has 0 saturated carbocycles. The molecule has 4 rings (SSSR count). The third-order valence-electron chi connectivity index (χ3n) is 5.43. The maximum absolute atomic E-state index is 14.4. The Bertz CT molecular complexity index is 1230. The summed E-state index contributed by atoms with van der Waals surface area (Å²) >= 11 is 2.01. The van der Waals surface area contributed by atoms with E-state index in [9.17, 15) is 14.0 Å². The maximum Gasteiger partial charge on any atom is 0.255 e. The second-order valence-corrected chi connectivity index (χ2v) is 8.47. The normalized spacial score (nSPS) is 12.6. The second-order valence-electron chi connectivity index (χ2n) is 7.22. The number of aldehydes is 1. The fourth-order valence-electron chi connectivity index (χ4n) is 3.77. The SMILES string of the molecule is CCN1CCc2c(Oc3cc(=O)n(C)c(Nc4ccc(I)cc4F)c3C=O)cccc21. The monoisotopic (exact) mass is 533 g/mol. The molecule has 0 aliphatic carbocycles. The Hall–Kier alpha value is -2.88. The zero-order valence-corrected chi connectivity index (χ0v) is 19.3. The third-order valence-corrected chi connectivity index (χ3v) is 6.10. The van der Waals surface area contributed by atoms with Crippen LogP contribution in [0.2, 0.25) is 0 Å². The van der Waals surface area contributed by atoms with Crippen LogP contribution in [0, 0.1) is 9.39 Å². The molecule has 2 aromatic carbocycles. The average Bonchev–Trinajstić information content (AvgIpc) is 3.18. The number of carbonyl (C=O) groups excluding carboxylic acids is 1. The lowest BCUT2D eigenvalue weighted by atomic mass is 10.1. The Morgan fingerprint density at radius 3 is 2.74 bits per heavy atom. The van der Waals surface area contributed by atoms with Crippen molar-refractivity contribution in [3.63, 3.8) is 0 Å². The van der Waals surface area contributed by atoms with E-state index in [0.717, 1.165) is 34.3 Å². The molecule has 0 atom stereocenters. The van der Waals surface area contributed by atoms with E-state index in [1.807, 2.05) is 40.8 Å². The molecule has 1 aromatic heterocycles. The van der Waals surface area contributed by atoms with Crippen LogP contribution >= 0.6 is 22.6 Å². The molecule has 160 valence electrons. The van der Waals surface area contributed by atoms with Crippen LogP contribution in [0.15, 0.2) is 47.3 Å².